The second kappa shape index (κ2) is 9.02. The summed E-state index contributed by atoms with van der Waals surface area (Å²) in [7, 11) is -3.27. The van der Waals surface area contributed by atoms with Gasteiger partial charge in [-0.25, -0.2) is 18.1 Å². The minimum atomic E-state index is -3.27. The van der Waals surface area contributed by atoms with Crippen LogP contribution in [0.4, 0.5) is 0 Å². The summed E-state index contributed by atoms with van der Waals surface area (Å²) in [6, 6.07) is 13.6. The molecule has 3 aromatic rings. The van der Waals surface area contributed by atoms with E-state index in [0.29, 0.717) is 11.3 Å². The predicted octanol–water partition coefficient (Wildman–Crippen LogP) is 5.06. The van der Waals surface area contributed by atoms with Gasteiger partial charge >= 0.3 is 0 Å². The van der Waals surface area contributed by atoms with Crippen LogP contribution in [-0.4, -0.2) is 25.3 Å². The summed E-state index contributed by atoms with van der Waals surface area (Å²) in [4.78, 5) is 5.63. The van der Waals surface area contributed by atoms with Gasteiger partial charge in [0, 0.05) is 17.8 Å². The Kier molecular flexibility index (Phi) is 6.33. The molecule has 2 aromatic carbocycles. The fourth-order valence-corrected chi connectivity index (χ4v) is 5.76. The fourth-order valence-electron chi connectivity index (χ4n) is 3.95. The lowest BCUT2D eigenvalue weighted by molar-refractivity contribution is 0.242. The van der Waals surface area contributed by atoms with Gasteiger partial charge in [0.25, 0.3) is 0 Å². The number of fused-ring (bicyclic) bond motifs is 1. The monoisotopic (exact) mass is 467 g/mol. The van der Waals surface area contributed by atoms with E-state index < -0.39 is 10.0 Å². The highest BCUT2D eigenvalue weighted by Gasteiger charge is 2.28. The summed E-state index contributed by atoms with van der Waals surface area (Å²) in [5, 5.41) is 10.3. The van der Waals surface area contributed by atoms with Crippen molar-refractivity contribution in [2.24, 2.45) is 0 Å². The lowest BCUT2D eigenvalue weighted by Crippen LogP contribution is -2.28. The van der Waals surface area contributed by atoms with Crippen molar-refractivity contribution in [2.45, 2.75) is 45.8 Å². The average Bonchev–Trinajstić information content (AvgIpc) is 3.41. The summed E-state index contributed by atoms with van der Waals surface area (Å²) in [5.74, 6) is 0.645. The van der Waals surface area contributed by atoms with E-state index in [1.54, 1.807) is 18.3 Å². The maximum Gasteiger partial charge on any atom is 0.211 e. The van der Waals surface area contributed by atoms with Crippen LogP contribution in [0.1, 0.15) is 49.9 Å². The Morgan fingerprint density at radius 3 is 2.84 bits per heavy atom. The molecule has 0 saturated heterocycles. The van der Waals surface area contributed by atoms with Crippen molar-refractivity contribution in [1.29, 1.82) is 5.26 Å². The fraction of sp³-hybridized carbons (Fsp3) is 0.333. The number of sulfonamides is 1. The first kappa shape index (κ1) is 22.5. The first-order valence-electron chi connectivity index (χ1n) is 10.6. The summed E-state index contributed by atoms with van der Waals surface area (Å²) in [6.07, 6.45) is 3.41. The molecule has 8 heteroatoms. The number of rotatable bonds is 7. The van der Waals surface area contributed by atoms with Gasteiger partial charge in [0.05, 0.1) is 22.3 Å². The number of nitrogens with zero attached hydrogens (tertiary/aromatic N) is 2. The van der Waals surface area contributed by atoms with Crippen LogP contribution >= 0.6 is 11.3 Å². The number of ether oxygens (including phenoxy) is 1. The quantitative estimate of drug-likeness (QED) is 0.524. The van der Waals surface area contributed by atoms with E-state index in [0.717, 1.165) is 39.4 Å². The number of hydrogen-bond acceptors (Lipinski definition) is 6. The summed E-state index contributed by atoms with van der Waals surface area (Å²) in [6.45, 7) is 5.50. The second-order valence-corrected chi connectivity index (χ2v) is 11.1. The molecule has 1 atom stereocenters. The molecular formula is C24H25N3O3S2. The lowest BCUT2D eigenvalue weighted by atomic mass is 10.0. The van der Waals surface area contributed by atoms with Gasteiger partial charge in [-0.2, -0.15) is 5.26 Å². The number of thiazole rings is 1. The van der Waals surface area contributed by atoms with Crippen molar-refractivity contribution in [1.82, 2.24) is 9.71 Å². The molecule has 0 amide bonds. The molecule has 0 fully saturated rings. The third kappa shape index (κ3) is 4.56. The molecule has 0 saturated carbocycles. The van der Waals surface area contributed by atoms with Crippen LogP contribution in [0.3, 0.4) is 0 Å². The normalized spacial score (nSPS) is 15.5. The van der Waals surface area contributed by atoms with Crippen LogP contribution in [0.2, 0.25) is 0 Å². The molecule has 0 spiro atoms. The molecule has 1 aliphatic rings. The summed E-state index contributed by atoms with van der Waals surface area (Å²) >= 11 is 1.56. The number of hydrogen-bond donors (Lipinski definition) is 1. The Labute approximate surface area is 193 Å². The minimum absolute atomic E-state index is 0.00905. The molecule has 166 valence electrons. The topological polar surface area (TPSA) is 92.1 Å². The molecule has 4 rings (SSSR count). The Morgan fingerprint density at radius 1 is 1.31 bits per heavy atom. The zero-order chi connectivity index (χ0) is 22.9. The van der Waals surface area contributed by atoms with E-state index in [-0.39, 0.29) is 17.9 Å². The van der Waals surface area contributed by atoms with Crippen LogP contribution in [0, 0.1) is 11.3 Å². The van der Waals surface area contributed by atoms with Crippen molar-refractivity contribution in [3.63, 3.8) is 0 Å². The number of nitrogens with one attached hydrogen (secondary N) is 1. The molecule has 0 aliphatic heterocycles. The van der Waals surface area contributed by atoms with Gasteiger partial charge in [0.15, 0.2) is 0 Å². The molecule has 1 unspecified atom stereocenters. The molecule has 1 N–H and O–H groups in total. The van der Waals surface area contributed by atoms with E-state index in [2.05, 4.69) is 21.8 Å². The Balaban J connectivity index is 1.65. The number of aromatic nitrogens is 1. The highest BCUT2D eigenvalue weighted by Crippen LogP contribution is 2.41. The first-order chi connectivity index (χ1) is 15.3. The Hall–Kier alpha value is -2.73. The Bertz CT molecular complexity index is 1290. The molecule has 6 nitrogen and oxygen atoms in total. The smallest absolute Gasteiger partial charge is 0.211 e. The maximum absolute atomic E-state index is 12.1. The Morgan fingerprint density at radius 2 is 2.12 bits per heavy atom. The lowest BCUT2D eigenvalue weighted by Gasteiger charge is -2.14. The maximum atomic E-state index is 12.1. The van der Waals surface area contributed by atoms with Crippen LogP contribution in [0.15, 0.2) is 42.6 Å². The van der Waals surface area contributed by atoms with Gasteiger partial charge in [-0.05, 0) is 68.5 Å². The van der Waals surface area contributed by atoms with Gasteiger partial charge in [-0.3, -0.25) is 0 Å². The first-order valence-corrected chi connectivity index (χ1v) is 13.1. The minimum Gasteiger partial charge on any atom is -0.490 e. The van der Waals surface area contributed by atoms with Gasteiger partial charge in [0.2, 0.25) is 10.0 Å². The van der Waals surface area contributed by atoms with Crippen molar-refractivity contribution in [3.05, 3.63) is 59.3 Å². The van der Waals surface area contributed by atoms with Crippen LogP contribution in [-0.2, 0) is 16.4 Å². The van der Waals surface area contributed by atoms with Gasteiger partial charge in [0.1, 0.15) is 16.8 Å². The van der Waals surface area contributed by atoms with Crippen molar-refractivity contribution < 1.29 is 13.2 Å². The largest absolute Gasteiger partial charge is 0.490 e. The molecule has 1 heterocycles. The number of nitriles is 1. The molecule has 0 radical (unpaired) electrons. The second-order valence-electron chi connectivity index (χ2n) is 8.00. The molecule has 1 aromatic heterocycles. The average molecular weight is 468 g/mol. The van der Waals surface area contributed by atoms with Crippen LogP contribution in [0.5, 0.6) is 5.75 Å². The third-order valence-electron chi connectivity index (χ3n) is 5.45. The van der Waals surface area contributed by atoms with E-state index in [1.165, 1.54) is 5.56 Å². The summed E-state index contributed by atoms with van der Waals surface area (Å²) in [5.41, 5.74) is 4.65. The summed E-state index contributed by atoms with van der Waals surface area (Å²) < 4.78 is 32.7. The van der Waals surface area contributed by atoms with Crippen molar-refractivity contribution >= 4 is 21.4 Å². The van der Waals surface area contributed by atoms with E-state index >= 15 is 0 Å². The zero-order valence-electron chi connectivity index (χ0n) is 18.3. The molecular weight excluding hydrogens is 442 g/mol. The highest BCUT2D eigenvalue weighted by molar-refractivity contribution is 7.89. The van der Waals surface area contributed by atoms with E-state index in [1.807, 2.05) is 50.4 Å². The van der Waals surface area contributed by atoms with Gasteiger partial charge < -0.3 is 4.74 Å². The van der Waals surface area contributed by atoms with Gasteiger partial charge in [-0.15, -0.1) is 11.3 Å². The highest BCUT2D eigenvalue weighted by atomic mass is 32.2. The third-order valence-corrected chi connectivity index (χ3v) is 7.94. The van der Waals surface area contributed by atoms with Crippen LogP contribution < -0.4 is 9.46 Å². The van der Waals surface area contributed by atoms with Crippen molar-refractivity contribution in [3.8, 4) is 32.8 Å². The van der Waals surface area contributed by atoms with E-state index in [9.17, 15) is 13.7 Å². The molecule has 32 heavy (non-hydrogen) atoms. The molecule has 0 bridgehead atoms. The molecule has 1 aliphatic carbocycles. The van der Waals surface area contributed by atoms with Crippen molar-refractivity contribution in [2.75, 3.05) is 5.75 Å². The number of benzene rings is 2. The predicted molar refractivity (Wildman–Crippen MR) is 127 cm³/mol. The SMILES string of the molecule is CCS(=O)(=O)NC1CCc2c(-c3cnc(-c4ccc(OC(C)C)c(C#N)c4)s3)cccc21. The zero-order valence-corrected chi connectivity index (χ0v) is 19.9. The van der Waals surface area contributed by atoms with E-state index in [4.69, 9.17) is 4.74 Å². The van der Waals surface area contributed by atoms with Crippen LogP contribution in [0.25, 0.3) is 21.0 Å². The van der Waals surface area contributed by atoms with Gasteiger partial charge in [-0.1, -0.05) is 18.2 Å². The standard InChI is InChI=1S/C24H25N3O3S2/c1-4-32(28,29)27-21-10-9-18-19(21)6-5-7-20(18)23-14-26-24(31-23)16-8-11-22(30-15(2)3)17(12-16)13-25/h5-8,11-12,14-15,21,27H,4,9-10H2,1-3H3.